The van der Waals surface area contributed by atoms with Crippen molar-refractivity contribution in [3.05, 3.63) is 46.5 Å². The monoisotopic (exact) mass is 293 g/mol. The van der Waals surface area contributed by atoms with Gasteiger partial charge in [-0.25, -0.2) is 4.98 Å². The summed E-state index contributed by atoms with van der Waals surface area (Å²) < 4.78 is 3.22. The SMILES string of the molecule is CCc1nccn1-c1ccc(CCN)c(Br)c1. The van der Waals surface area contributed by atoms with Crippen LogP contribution in [0.3, 0.4) is 0 Å². The Labute approximate surface area is 110 Å². The Kier molecular flexibility index (Phi) is 3.97. The lowest BCUT2D eigenvalue weighted by Gasteiger charge is -2.09. The Morgan fingerprint density at radius 1 is 1.41 bits per heavy atom. The molecule has 3 nitrogen and oxygen atoms in total. The summed E-state index contributed by atoms with van der Waals surface area (Å²) in [4.78, 5) is 4.33. The molecule has 2 N–H and O–H groups in total. The van der Waals surface area contributed by atoms with Crippen LogP contribution < -0.4 is 5.73 Å². The number of nitrogens with two attached hydrogens (primary N) is 1. The summed E-state index contributed by atoms with van der Waals surface area (Å²) >= 11 is 3.59. The van der Waals surface area contributed by atoms with Gasteiger partial charge in [0.1, 0.15) is 5.82 Å². The van der Waals surface area contributed by atoms with Crippen LogP contribution in [0.1, 0.15) is 18.3 Å². The molecule has 90 valence electrons. The molecule has 1 aromatic carbocycles. The number of rotatable bonds is 4. The molecule has 2 rings (SSSR count). The van der Waals surface area contributed by atoms with Crippen LogP contribution in [0.4, 0.5) is 0 Å². The van der Waals surface area contributed by atoms with Crippen molar-refractivity contribution >= 4 is 15.9 Å². The van der Waals surface area contributed by atoms with E-state index in [9.17, 15) is 0 Å². The van der Waals surface area contributed by atoms with Gasteiger partial charge < -0.3 is 10.3 Å². The molecule has 0 unspecified atom stereocenters. The third kappa shape index (κ3) is 2.58. The average molecular weight is 294 g/mol. The van der Waals surface area contributed by atoms with Crippen LogP contribution in [0.25, 0.3) is 5.69 Å². The second-order valence-corrected chi connectivity index (χ2v) is 4.74. The number of nitrogens with zero attached hydrogens (tertiary/aromatic N) is 2. The van der Waals surface area contributed by atoms with E-state index in [4.69, 9.17) is 5.73 Å². The molecule has 1 aromatic heterocycles. The van der Waals surface area contributed by atoms with Gasteiger partial charge in [0.2, 0.25) is 0 Å². The van der Waals surface area contributed by atoms with Gasteiger partial charge in [0, 0.05) is 29.0 Å². The van der Waals surface area contributed by atoms with Gasteiger partial charge in [0.05, 0.1) is 0 Å². The van der Waals surface area contributed by atoms with Gasteiger partial charge in [0.15, 0.2) is 0 Å². The largest absolute Gasteiger partial charge is 0.330 e. The Balaban J connectivity index is 2.37. The number of aromatic nitrogens is 2. The minimum Gasteiger partial charge on any atom is -0.330 e. The van der Waals surface area contributed by atoms with Gasteiger partial charge in [-0.3, -0.25) is 0 Å². The average Bonchev–Trinajstić information content (AvgIpc) is 2.80. The molecule has 0 amide bonds. The van der Waals surface area contributed by atoms with E-state index in [0.29, 0.717) is 6.54 Å². The number of imidazole rings is 1. The molecular formula is C13H16BrN3. The van der Waals surface area contributed by atoms with Crippen LogP contribution in [0.2, 0.25) is 0 Å². The molecule has 0 aliphatic rings. The second-order valence-electron chi connectivity index (χ2n) is 3.88. The molecular weight excluding hydrogens is 278 g/mol. The number of benzene rings is 1. The van der Waals surface area contributed by atoms with Crippen LogP contribution in [0.15, 0.2) is 35.1 Å². The number of aryl methyl sites for hydroxylation is 1. The topological polar surface area (TPSA) is 43.8 Å². The lowest BCUT2D eigenvalue weighted by atomic mass is 10.1. The second kappa shape index (κ2) is 5.47. The Morgan fingerprint density at radius 3 is 2.88 bits per heavy atom. The van der Waals surface area contributed by atoms with E-state index in [1.807, 2.05) is 12.4 Å². The van der Waals surface area contributed by atoms with Crippen molar-refractivity contribution in [1.82, 2.24) is 9.55 Å². The fraction of sp³-hybridized carbons (Fsp3) is 0.308. The fourth-order valence-corrected chi connectivity index (χ4v) is 2.44. The highest BCUT2D eigenvalue weighted by Crippen LogP contribution is 2.22. The van der Waals surface area contributed by atoms with Crippen LogP contribution >= 0.6 is 15.9 Å². The Morgan fingerprint density at radius 2 is 2.24 bits per heavy atom. The summed E-state index contributed by atoms with van der Waals surface area (Å²) in [7, 11) is 0. The van der Waals surface area contributed by atoms with Gasteiger partial charge in [-0.2, -0.15) is 0 Å². The predicted octanol–water partition coefficient (Wildman–Crippen LogP) is 2.70. The molecule has 4 heteroatoms. The van der Waals surface area contributed by atoms with Gasteiger partial charge >= 0.3 is 0 Å². The summed E-state index contributed by atoms with van der Waals surface area (Å²) in [5, 5.41) is 0. The molecule has 2 aromatic rings. The molecule has 0 aliphatic carbocycles. The van der Waals surface area contributed by atoms with Gasteiger partial charge in [-0.05, 0) is 30.7 Å². The van der Waals surface area contributed by atoms with Crippen molar-refractivity contribution in [3.8, 4) is 5.69 Å². The van der Waals surface area contributed by atoms with Gasteiger partial charge in [-0.15, -0.1) is 0 Å². The molecule has 0 fully saturated rings. The first kappa shape index (κ1) is 12.3. The maximum absolute atomic E-state index is 5.57. The highest BCUT2D eigenvalue weighted by Gasteiger charge is 2.05. The lowest BCUT2D eigenvalue weighted by Crippen LogP contribution is -2.04. The van der Waals surface area contributed by atoms with E-state index >= 15 is 0 Å². The molecule has 0 bridgehead atoms. The molecule has 0 spiro atoms. The summed E-state index contributed by atoms with van der Waals surface area (Å²) in [6.45, 7) is 2.78. The third-order valence-corrected chi connectivity index (χ3v) is 3.50. The Bertz CT molecular complexity index is 505. The number of hydrogen-bond acceptors (Lipinski definition) is 2. The van der Waals surface area contributed by atoms with Crippen molar-refractivity contribution in [2.75, 3.05) is 6.54 Å². The smallest absolute Gasteiger partial charge is 0.112 e. The normalized spacial score (nSPS) is 10.8. The van der Waals surface area contributed by atoms with Crippen LogP contribution in [-0.2, 0) is 12.8 Å². The maximum Gasteiger partial charge on any atom is 0.112 e. The third-order valence-electron chi connectivity index (χ3n) is 2.76. The first-order chi connectivity index (χ1) is 8.26. The van der Waals surface area contributed by atoms with E-state index in [1.54, 1.807) is 0 Å². The van der Waals surface area contributed by atoms with Crippen molar-refractivity contribution in [2.45, 2.75) is 19.8 Å². The zero-order valence-electron chi connectivity index (χ0n) is 9.86. The van der Waals surface area contributed by atoms with Crippen molar-refractivity contribution < 1.29 is 0 Å². The quantitative estimate of drug-likeness (QED) is 0.942. The van der Waals surface area contributed by atoms with E-state index in [1.165, 1.54) is 5.56 Å². The van der Waals surface area contributed by atoms with Crippen molar-refractivity contribution in [1.29, 1.82) is 0 Å². The van der Waals surface area contributed by atoms with E-state index in [0.717, 1.165) is 28.8 Å². The Hall–Kier alpha value is -1.13. The van der Waals surface area contributed by atoms with Crippen molar-refractivity contribution in [2.24, 2.45) is 5.73 Å². The van der Waals surface area contributed by atoms with Gasteiger partial charge in [-0.1, -0.05) is 28.9 Å². The summed E-state index contributed by atoms with van der Waals surface area (Å²) in [5.41, 5.74) is 7.95. The van der Waals surface area contributed by atoms with Crippen LogP contribution in [0, 0.1) is 0 Å². The minimum atomic E-state index is 0.670. The van der Waals surface area contributed by atoms with E-state index < -0.39 is 0 Å². The zero-order valence-corrected chi connectivity index (χ0v) is 11.4. The minimum absolute atomic E-state index is 0.670. The molecule has 0 radical (unpaired) electrons. The first-order valence-electron chi connectivity index (χ1n) is 5.77. The maximum atomic E-state index is 5.57. The van der Waals surface area contributed by atoms with Crippen molar-refractivity contribution in [3.63, 3.8) is 0 Å². The molecule has 0 saturated heterocycles. The fourth-order valence-electron chi connectivity index (χ4n) is 1.88. The molecule has 0 aliphatic heterocycles. The highest BCUT2D eigenvalue weighted by molar-refractivity contribution is 9.10. The molecule has 0 saturated carbocycles. The van der Waals surface area contributed by atoms with E-state index in [-0.39, 0.29) is 0 Å². The molecule has 1 heterocycles. The predicted molar refractivity (Wildman–Crippen MR) is 73.4 cm³/mol. The summed E-state index contributed by atoms with van der Waals surface area (Å²) in [6, 6.07) is 6.34. The van der Waals surface area contributed by atoms with E-state index in [2.05, 4.69) is 50.6 Å². The molecule has 17 heavy (non-hydrogen) atoms. The van der Waals surface area contributed by atoms with Crippen LogP contribution in [0.5, 0.6) is 0 Å². The van der Waals surface area contributed by atoms with Crippen LogP contribution in [-0.4, -0.2) is 16.1 Å². The zero-order chi connectivity index (χ0) is 12.3. The number of halogens is 1. The summed E-state index contributed by atoms with van der Waals surface area (Å²) in [5.74, 6) is 1.07. The standard InChI is InChI=1S/C13H16BrN3/c1-2-13-16-7-8-17(13)11-4-3-10(5-6-15)12(14)9-11/h3-4,7-9H,2,5-6,15H2,1H3. The first-order valence-corrected chi connectivity index (χ1v) is 6.56. The lowest BCUT2D eigenvalue weighted by molar-refractivity contribution is 0.888. The highest BCUT2D eigenvalue weighted by atomic mass is 79.9. The molecule has 0 atom stereocenters. The van der Waals surface area contributed by atoms with Gasteiger partial charge in [0.25, 0.3) is 0 Å². The number of hydrogen-bond donors (Lipinski definition) is 1. The summed E-state index contributed by atoms with van der Waals surface area (Å²) in [6.07, 6.45) is 5.64.